The maximum Gasteiger partial charge on any atom is 0.231 e. The van der Waals surface area contributed by atoms with E-state index in [1.165, 1.54) is 0 Å². The van der Waals surface area contributed by atoms with Crippen molar-refractivity contribution >= 4 is 28.5 Å². The Morgan fingerprint density at radius 1 is 1.11 bits per heavy atom. The van der Waals surface area contributed by atoms with Crippen LogP contribution < -0.4 is 24.4 Å². The topological polar surface area (TPSA) is 120 Å². The highest BCUT2D eigenvalue weighted by molar-refractivity contribution is 5.90. The van der Waals surface area contributed by atoms with Gasteiger partial charge in [0.15, 0.2) is 17.3 Å². The van der Waals surface area contributed by atoms with Crippen LogP contribution in [0, 0.1) is 0 Å². The van der Waals surface area contributed by atoms with E-state index < -0.39 is 0 Å². The number of anilines is 3. The highest BCUT2D eigenvalue weighted by Crippen LogP contribution is 2.39. The van der Waals surface area contributed by atoms with Crippen LogP contribution in [0.1, 0.15) is 12.8 Å². The van der Waals surface area contributed by atoms with Gasteiger partial charge in [0, 0.05) is 30.3 Å². The number of aromatic nitrogens is 5. The van der Waals surface area contributed by atoms with Crippen molar-refractivity contribution in [2.24, 2.45) is 0 Å². The minimum atomic E-state index is 0.0355. The van der Waals surface area contributed by atoms with E-state index in [4.69, 9.17) is 19.2 Å². The van der Waals surface area contributed by atoms with E-state index in [0.717, 1.165) is 36.3 Å². The van der Waals surface area contributed by atoms with Crippen molar-refractivity contribution in [2.45, 2.75) is 18.9 Å². The van der Waals surface area contributed by atoms with E-state index in [0.29, 0.717) is 34.5 Å². The van der Waals surface area contributed by atoms with Crippen LogP contribution in [0.2, 0.25) is 0 Å². The molecule has 0 amide bonds. The van der Waals surface area contributed by atoms with E-state index in [2.05, 4.69) is 25.2 Å². The molecule has 1 aromatic carbocycles. The van der Waals surface area contributed by atoms with E-state index in [-0.39, 0.29) is 12.6 Å². The average Bonchev–Trinajstić information content (AvgIpc) is 3.57. The molecule has 11 heteroatoms. The van der Waals surface area contributed by atoms with Crippen molar-refractivity contribution in [3.63, 3.8) is 0 Å². The third-order valence-electron chi connectivity index (χ3n) is 6.11. The normalized spacial score (nSPS) is 15.4. The highest BCUT2D eigenvalue weighted by atomic mass is 16.5. The molecule has 11 nitrogen and oxygen atoms in total. The molecule has 1 fully saturated rings. The number of nitrogens with one attached hydrogen (secondary N) is 1. The van der Waals surface area contributed by atoms with Crippen LogP contribution in [-0.2, 0) is 0 Å². The van der Waals surface area contributed by atoms with Crippen molar-refractivity contribution in [2.75, 3.05) is 44.7 Å². The van der Waals surface area contributed by atoms with Crippen LogP contribution >= 0.6 is 0 Å². The number of pyridine rings is 1. The molecule has 0 radical (unpaired) electrons. The molecule has 35 heavy (non-hydrogen) atoms. The first-order valence-corrected chi connectivity index (χ1v) is 11.3. The molecule has 2 N–H and O–H groups in total. The smallest absolute Gasteiger partial charge is 0.231 e. The average molecular weight is 478 g/mol. The predicted molar refractivity (Wildman–Crippen MR) is 131 cm³/mol. The van der Waals surface area contributed by atoms with Crippen LogP contribution in [0.25, 0.3) is 16.6 Å². The molecule has 1 aliphatic heterocycles. The molecule has 4 heterocycles. The Kier molecular flexibility index (Phi) is 6.23. The van der Waals surface area contributed by atoms with Gasteiger partial charge in [-0.05, 0) is 18.9 Å². The molecule has 5 rings (SSSR count). The second kappa shape index (κ2) is 9.63. The summed E-state index contributed by atoms with van der Waals surface area (Å²) in [5, 5.41) is 13.9. The van der Waals surface area contributed by atoms with Gasteiger partial charge in [0.25, 0.3) is 0 Å². The number of hydrogen-bond donors (Lipinski definition) is 2. The van der Waals surface area contributed by atoms with Crippen molar-refractivity contribution in [3.05, 3.63) is 43.1 Å². The Morgan fingerprint density at radius 2 is 1.91 bits per heavy atom. The molecular weight excluding hydrogens is 450 g/mol. The zero-order valence-corrected chi connectivity index (χ0v) is 19.8. The quantitative estimate of drug-likeness (QED) is 0.392. The van der Waals surface area contributed by atoms with Crippen molar-refractivity contribution in [1.82, 2.24) is 24.5 Å². The zero-order chi connectivity index (χ0) is 24.4. The summed E-state index contributed by atoms with van der Waals surface area (Å²) >= 11 is 0. The van der Waals surface area contributed by atoms with Crippen molar-refractivity contribution < 1.29 is 19.3 Å². The fraction of sp³-hybridized carbons (Fsp3) is 0.333. The minimum Gasteiger partial charge on any atom is -0.493 e. The number of rotatable bonds is 8. The molecule has 0 saturated carbocycles. The summed E-state index contributed by atoms with van der Waals surface area (Å²) < 4.78 is 18.2. The summed E-state index contributed by atoms with van der Waals surface area (Å²) in [4.78, 5) is 20.3. The Labute approximate surface area is 202 Å². The van der Waals surface area contributed by atoms with Crippen LogP contribution in [0.15, 0.2) is 43.1 Å². The summed E-state index contributed by atoms with van der Waals surface area (Å²) in [5.74, 6) is 3.35. The summed E-state index contributed by atoms with van der Waals surface area (Å²) in [6, 6.07) is 5.62. The maximum atomic E-state index is 9.84. The molecule has 182 valence electrons. The molecule has 4 aromatic rings. The first-order valence-electron chi connectivity index (χ1n) is 11.3. The molecule has 3 aromatic heterocycles. The Hall–Kier alpha value is -4.12. The van der Waals surface area contributed by atoms with Gasteiger partial charge in [-0.1, -0.05) is 0 Å². The van der Waals surface area contributed by atoms with Crippen LogP contribution in [-0.4, -0.2) is 70.1 Å². The van der Waals surface area contributed by atoms with Crippen LogP contribution in [0.5, 0.6) is 17.2 Å². The molecule has 1 saturated heterocycles. The van der Waals surface area contributed by atoms with Gasteiger partial charge in [-0.15, -0.1) is 0 Å². The van der Waals surface area contributed by atoms with Crippen molar-refractivity contribution in [3.8, 4) is 22.9 Å². The summed E-state index contributed by atoms with van der Waals surface area (Å²) in [6.07, 6.45) is 8.87. The summed E-state index contributed by atoms with van der Waals surface area (Å²) in [5.41, 5.74) is 1.50. The number of aliphatic hydroxyl groups is 1. The van der Waals surface area contributed by atoms with E-state index in [9.17, 15) is 5.11 Å². The van der Waals surface area contributed by atoms with Crippen LogP contribution in [0.4, 0.5) is 17.6 Å². The standard InChI is InChI=1S/C24H27N7O4/c1-33-19-9-16(10-20(34-2)22(19)35-3)30-12-21(26-14-30)28-24-27-18-11-25-7-6-17(18)23(29-24)31-8-4-5-15(31)13-32/h6-7,9-12,14-15,32H,4-5,8,13H2,1-3H3,(H,27,28,29). The molecule has 0 aliphatic carbocycles. The number of ether oxygens (including phenoxy) is 3. The van der Waals surface area contributed by atoms with Gasteiger partial charge in [-0.25, -0.2) is 9.97 Å². The first-order chi connectivity index (χ1) is 17.1. The summed E-state index contributed by atoms with van der Waals surface area (Å²) in [6.45, 7) is 0.910. The Bertz CT molecular complexity index is 1320. The minimum absolute atomic E-state index is 0.0355. The Morgan fingerprint density at radius 3 is 2.63 bits per heavy atom. The maximum absolute atomic E-state index is 9.84. The molecule has 1 aliphatic rings. The SMILES string of the molecule is COc1cc(-n2cnc(Nc3nc(N4CCCC4CO)c4ccncc4n3)c2)cc(OC)c1OC. The van der Waals surface area contributed by atoms with Gasteiger partial charge in [0.2, 0.25) is 11.7 Å². The van der Waals surface area contributed by atoms with Gasteiger partial charge in [0.05, 0.1) is 57.6 Å². The molecular formula is C24H27N7O4. The van der Waals surface area contributed by atoms with Gasteiger partial charge in [-0.3, -0.25) is 4.98 Å². The lowest BCUT2D eigenvalue weighted by atomic mass is 10.2. The van der Waals surface area contributed by atoms with Gasteiger partial charge < -0.3 is 34.1 Å². The Balaban J connectivity index is 1.48. The lowest BCUT2D eigenvalue weighted by molar-refractivity contribution is 0.266. The zero-order valence-electron chi connectivity index (χ0n) is 19.8. The third kappa shape index (κ3) is 4.26. The summed E-state index contributed by atoms with van der Waals surface area (Å²) in [7, 11) is 4.72. The molecule has 1 unspecified atom stereocenters. The van der Waals surface area contributed by atoms with E-state index >= 15 is 0 Å². The molecule has 1 atom stereocenters. The largest absolute Gasteiger partial charge is 0.493 e. The first kappa shape index (κ1) is 22.7. The predicted octanol–water partition coefficient (Wildman–Crippen LogP) is 2.94. The van der Waals surface area contributed by atoms with Crippen molar-refractivity contribution in [1.29, 1.82) is 0 Å². The number of aliphatic hydroxyl groups excluding tert-OH is 1. The second-order valence-electron chi connectivity index (χ2n) is 8.11. The number of methoxy groups -OCH3 is 3. The number of hydrogen-bond acceptors (Lipinski definition) is 10. The second-order valence-corrected chi connectivity index (χ2v) is 8.11. The number of nitrogens with zero attached hydrogens (tertiary/aromatic N) is 6. The lowest BCUT2D eigenvalue weighted by Gasteiger charge is -2.25. The lowest BCUT2D eigenvalue weighted by Crippen LogP contribution is -2.33. The third-order valence-corrected chi connectivity index (χ3v) is 6.11. The number of imidazole rings is 1. The van der Waals surface area contributed by atoms with Gasteiger partial charge in [0.1, 0.15) is 12.1 Å². The van der Waals surface area contributed by atoms with Gasteiger partial charge in [-0.2, -0.15) is 4.98 Å². The fourth-order valence-electron chi connectivity index (χ4n) is 4.40. The van der Waals surface area contributed by atoms with Gasteiger partial charge >= 0.3 is 0 Å². The number of benzene rings is 1. The van der Waals surface area contributed by atoms with Crippen LogP contribution in [0.3, 0.4) is 0 Å². The number of fused-ring (bicyclic) bond motifs is 1. The fourth-order valence-corrected chi connectivity index (χ4v) is 4.40. The van der Waals surface area contributed by atoms with E-state index in [1.807, 2.05) is 29.0 Å². The van der Waals surface area contributed by atoms with E-state index in [1.54, 1.807) is 40.1 Å². The highest BCUT2D eigenvalue weighted by Gasteiger charge is 2.27. The monoisotopic (exact) mass is 477 g/mol. The molecule has 0 spiro atoms. The molecule has 0 bridgehead atoms.